The number of methoxy groups -OCH3 is 1. The van der Waals surface area contributed by atoms with Gasteiger partial charge in [-0.25, -0.2) is 0 Å². The van der Waals surface area contributed by atoms with Crippen LogP contribution in [0.15, 0.2) is 24.3 Å². The van der Waals surface area contributed by atoms with Crippen LogP contribution in [0.1, 0.15) is 11.4 Å². The van der Waals surface area contributed by atoms with Crippen molar-refractivity contribution >= 4 is 7.60 Å². The highest BCUT2D eigenvalue weighted by atomic mass is 31.2. The summed E-state index contributed by atoms with van der Waals surface area (Å²) in [7, 11) is -3.95. The first-order valence-electron chi connectivity index (χ1n) is 6.20. The van der Waals surface area contributed by atoms with Crippen molar-refractivity contribution in [1.29, 1.82) is 0 Å². The predicted octanol–water partition coefficient (Wildman–Crippen LogP) is 4.04. The van der Waals surface area contributed by atoms with Gasteiger partial charge in [0.15, 0.2) is 19.1 Å². The van der Waals surface area contributed by atoms with Gasteiger partial charge in [0, 0.05) is 0 Å². The molecule has 0 unspecified atom stereocenters. The Hall–Kier alpha value is -1.29. The fourth-order valence-electron chi connectivity index (χ4n) is 1.49. The molecule has 0 saturated carbocycles. The molecule has 0 radical (unpaired) electrons. The van der Waals surface area contributed by atoms with E-state index in [0.717, 1.165) is 12.1 Å². The van der Waals surface area contributed by atoms with E-state index in [4.69, 9.17) is 4.74 Å². The Kier molecular flexibility index (Phi) is 6.68. The summed E-state index contributed by atoms with van der Waals surface area (Å²) in [5.41, 5.74) is -0.290. The van der Waals surface area contributed by atoms with Gasteiger partial charge in [0.25, 0.3) is 0 Å². The summed E-state index contributed by atoms with van der Waals surface area (Å²) in [6.07, 6.45) is -9.96. The first kappa shape index (κ1) is 20.8. The van der Waals surface area contributed by atoms with Gasteiger partial charge in [-0.15, -0.1) is 0 Å². The van der Waals surface area contributed by atoms with E-state index < -0.39 is 39.0 Å². The predicted molar refractivity (Wildman–Crippen MR) is 69.6 cm³/mol. The number of hydrogen-bond donors (Lipinski definition) is 1. The molecular formula is C12H13F6O5P. The largest absolute Gasteiger partial charge is 0.497 e. The van der Waals surface area contributed by atoms with Crippen molar-refractivity contribution in [1.82, 2.24) is 0 Å². The second-order valence-electron chi connectivity index (χ2n) is 4.47. The number of benzene rings is 1. The Morgan fingerprint density at radius 3 is 2.00 bits per heavy atom. The van der Waals surface area contributed by atoms with Crippen LogP contribution in [-0.4, -0.2) is 37.8 Å². The molecule has 5 nitrogen and oxygen atoms in total. The number of ether oxygens (including phenoxy) is 1. The SMILES string of the molecule is COc1cccc([C@@H](O)P(=O)(OCC(F)(F)F)OCC(F)(F)F)c1. The molecule has 0 spiro atoms. The van der Waals surface area contributed by atoms with Crippen LogP contribution < -0.4 is 4.74 Å². The van der Waals surface area contributed by atoms with Gasteiger partial charge in [0.1, 0.15) is 5.75 Å². The number of hydrogen-bond acceptors (Lipinski definition) is 5. The van der Waals surface area contributed by atoms with Gasteiger partial charge in [-0.2, -0.15) is 26.3 Å². The molecule has 1 N–H and O–H groups in total. The summed E-state index contributed by atoms with van der Waals surface area (Å²) in [6.45, 7) is -4.30. The van der Waals surface area contributed by atoms with Gasteiger partial charge in [0.05, 0.1) is 7.11 Å². The maximum atomic E-state index is 12.3. The van der Waals surface area contributed by atoms with E-state index in [2.05, 4.69) is 9.05 Å². The minimum atomic E-state index is -5.20. The number of alkyl halides is 6. The summed E-state index contributed by atoms with van der Waals surface area (Å²) in [5.74, 6) is -2.23. The Bertz CT molecular complexity index is 566. The van der Waals surface area contributed by atoms with Crippen LogP contribution in [0.2, 0.25) is 0 Å². The zero-order valence-electron chi connectivity index (χ0n) is 12.1. The molecule has 12 heteroatoms. The van der Waals surface area contributed by atoms with Gasteiger partial charge in [0.2, 0.25) is 0 Å². The first-order chi connectivity index (χ1) is 10.9. The van der Waals surface area contributed by atoms with Gasteiger partial charge >= 0.3 is 19.9 Å². The van der Waals surface area contributed by atoms with Crippen molar-refractivity contribution in [3.05, 3.63) is 29.8 Å². The van der Waals surface area contributed by atoms with E-state index in [1.807, 2.05) is 0 Å². The smallest absolute Gasteiger partial charge is 0.412 e. The Morgan fingerprint density at radius 1 is 1.08 bits per heavy atom. The quantitative estimate of drug-likeness (QED) is 0.570. The molecule has 0 aliphatic heterocycles. The first-order valence-corrected chi connectivity index (χ1v) is 7.82. The lowest BCUT2D eigenvalue weighted by Gasteiger charge is -2.24. The van der Waals surface area contributed by atoms with Gasteiger partial charge < -0.3 is 9.84 Å². The van der Waals surface area contributed by atoms with Gasteiger partial charge in [-0.1, -0.05) is 12.1 Å². The number of rotatable bonds is 7. The van der Waals surface area contributed by atoms with Crippen molar-refractivity contribution in [2.24, 2.45) is 0 Å². The maximum Gasteiger partial charge on any atom is 0.412 e. The second-order valence-corrected chi connectivity index (χ2v) is 6.55. The average Bonchev–Trinajstić information content (AvgIpc) is 2.49. The maximum absolute atomic E-state index is 12.3. The standard InChI is InChI=1S/C12H13F6O5P/c1-21-9-4-2-3-8(5-9)10(19)24(20,22-6-11(13,14)15)23-7-12(16,17)18/h2-5,10,19H,6-7H2,1H3/t10-/m0/s1. The van der Waals surface area contributed by atoms with E-state index in [-0.39, 0.29) is 11.3 Å². The van der Waals surface area contributed by atoms with Crippen LogP contribution in [0.4, 0.5) is 26.3 Å². The Morgan fingerprint density at radius 2 is 1.58 bits per heavy atom. The number of halogens is 6. The second kappa shape index (κ2) is 7.73. The molecule has 0 saturated heterocycles. The minimum absolute atomic E-state index is 0.129. The van der Waals surface area contributed by atoms with Crippen LogP contribution in [0.25, 0.3) is 0 Å². The van der Waals surface area contributed by atoms with Crippen LogP contribution >= 0.6 is 7.60 Å². The third-order valence-corrected chi connectivity index (χ3v) is 4.38. The third-order valence-electron chi connectivity index (χ3n) is 2.51. The monoisotopic (exact) mass is 382 g/mol. The van der Waals surface area contributed by atoms with E-state index in [9.17, 15) is 36.0 Å². The summed E-state index contributed by atoms with van der Waals surface area (Å²) in [5, 5.41) is 9.95. The lowest BCUT2D eigenvalue weighted by molar-refractivity contribution is -0.167. The van der Waals surface area contributed by atoms with E-state index in [0.29, 0.717) is 0 Å². The average molecular weight is 382 g/mol. The molecule has 138 valence electrons. The fraction of sp³-hybridized carbons (Fsp3) is 0.500. The highest BCUT2D eigenvalue weighted by molar-refractivity contribution is 7.54. The van der Waals surface area contributed by atoms with Crippen molar-refractivity contribution in [2.75, 3.05) is 20.3 Å². The number of aliphatic hydroxyl groups excluding tert-OH is 1. The molecule has 1 aromatic rings. The van der Waals surface area contributed by atoms with Crippen molar-refractivity contribution in [2.45, 2.75) is 18.2 Å². The fourth-order valence-corrected chi connectivity index (χ4v) is 3.02. The molecular weight excluding hydrogens is 369 g/mol. The van der Waals surface area contributed by atoms with Crippen LogP contribution in [0, 0.1) is 0 Å². The minimum Gasteiger partial charge on any atom is -0.497 e. The van der Waals surface area contributed by atoms with Gasteiger partial charge in [-0.3, -0.25) is 13.6 Å². The Labute approximate surface area is 132 Å². The molecule has 1 atom stereocenters. The topological polar surface area (TPSA) is 65.0 Å². The summed E-state index contributed by atoms with van der Waals surface area (Å²) in [6, 6.07) is 4.88. The van der Waals surface area contributed by atoms with Crippen LogP contribution in [-0.2, 0) is 13.6 Å². The molecule has 0 aromatic heterocycles. The van der Waals surface area contributed by atoms with Crippen molar-refractivity contribution in [3.8, 4) is 5.75 Å². The summed E-state index contributed by atoms with van der Waals surface area (Å²) >= 11 is 0. The molecule has 1 rings (SSSR count). The van der Waals surface area contributed by atoms with Crippen molar-refractivity contribution < 1.29 is 49.8 Å². The molecule has 0 aliphatic carbocycles. The van der Waals surface area contributed by atoms with E-state index in [1.54, 1.807) is 0 Å². The summed E-state index contributed by atoms with van der Waals surface area (Å²) in [4.78, 5) is 0. The van der Waals surface area contributed by atoms with Gasteiger partial charge in [-0.05, 0) is 17.7 Å². The zero-order valence-corrected chi connectivity index (χ0v) is 13.0. The molecule has 0 amide bonds. The van der Waals surface area contributed by atoms with Crippen LogP contribution in [0.5, 0.6) is 5.75 Å². The van der Waals surface area contributed by atoms with E-state index in [1.165, 1.54) is 19.2 Å². The van der Waals surface area contributed by atoms with Crippen LogP contribution in [0.3, 0.4) is 0 Å². The third kappa shape index (κ3) is 6.68. The molecule has 0 bridgehead atoms. The lowest BCUT2D eigenvalue weighted by Crippen LogP contribution is -2.21. The number of aliphatic hydroxyl groups is 1. The summed E-state index contributed by atoms with van der Waals surface area (Å²) < 4.78 is 98.4. The molecule has 1 aromatic carbocycles. The molecule has 24 heavy (non-hydrogen) atoms. The molecule has 0 aliphatic rings. The Balaban J connectivity index is 3.07. The lowest BCUT2D eigenvalue weighted by atomic mass is 10.2. The zero-order chi connectivity index (χ0) is 18.6. The molecule has 0 heterocycles. The van der Waals surface area contributed by atoms with E-state index >= 15 is 0 Å². The molecule has 0 fully saturated rings. The van der Waals surface area contributed by atoms with Crippen molar-refractivity contribution in [3.63, 3.8) is 0 Å². The normalized spacial score (nSPS) is 14.5. The highest BCUT2D eigenvalue weighted by Crippen LogP contribution is 2.60. The highest BCUT2D eigenvalue weighted by Gasteiger charge is 2.43.